The average Bonchev–Trinajstić information content (AvgIpc) is 2.47. The summed E-state index contributed by atoms with van der Waals surface area (Å²) in [6.45, 7) is 1.89. The van der Waals surface area contributed by atoms with Crippen molar-refractivity contribution in [1.29, 1.82) is 0 Å². The van der Waals surface area contributed by atoms with Gasteiger partial charge in [0.25, 0.3) is 0 Å². The van der Waals surface area contributed by atoms with E-state index in [2.05, 4.69) is 0 Å². The zero-order chi connectivity index (χ0) is 16.7. The quantitative estimate of drug-likeness (QED) is 0.776. The average molecular weight is 318 g/mol. The van der Waals surface area contributed by atoms with Crippen LogP contribution in [0.3, 0.4) is 0 Å². The maximum absolute atomic E-state index is 12.3. The third-order valence-corrected chi connectivity index (χ3v) is 4.32. The molecule has 1 aromatic carbocycles. The van der Waals surface area contributed by atoms with Gasteiger partial charge in [-0.2, -0.15) is 0 Å². The number of hydrogen-bond acceptors (Lipinski definition) is 6. The van der Waals surface area contributed by atoms with Crippen molar-refractivity contribution in [3.8, 4) is 17.2 Å². The van der Waals surface area contributed by atoms with E-state index in [0.29, 0.717) is 12.2 Å². The Bertz CT molecular complexity index is 731. The molecule has 1 aliphatic carbocycles. The lowest BCUT2D eigenvalue weighted by Gasteiger charge is -2.34. The van der Waals surface area contributed by atoms with Gasteiger partial charge in [0.2, 0.25) is 0 Å². The molecule has 3 N–H and O–H groups in total. The van der Waals surface area contributed by atoms with Gasteiger partial charge in [-0.3, -0.25) is 4.79 Å². The number of aromatic hydroxyl groups is 2. The van der Waals surface area contributed by atoms with E-state index in [1.807, 2.05) is 6.92 Å². The Morgan fingerprint density at radius 3 is 2.65 bits per heavy atom. The molecule has 0 radical (unpaired) electrons. The predicted molar refractivity (Wildman–Crippen MR) is 81.7 cm³/mol. The number of fused-ring (bicyclic) bond motifs is 1. The van der Waals surface area contributed by atoms with E-state index in [1.165, 1.54) is 13.2 Å². The Morgan fingerprint density at radius 1 is 1.22 bits per heavy atom. The Labute approximate surface area is 133 Å². The molecule has 2 aliphatic rings. The van der Waals surface area contributed by atoms with Crippen LogP contribution in [0.25, 0.3) is 0 Å². The smallest absolute Gasteiger partial charge is 0.174 e. The largest absolute Gasteiger partial charge is 0.508 e. The van der Waals surface area contributed by atoms with Gasteiger partial charge < -0.3 is 24.8 Å². The molecule has 0 spiro atoms. The SMILES string of the molecule is COC1=C(O)CC(C2CC(=O)c3c(O)cc(O)cc3O2)C(C)=C1. The van der Waals surface area contributed by atoms with E-state index in [1.54, 1.807) is 6.08 Å². The van der Waals surface area contributed by atoms with Crippen LogP contribution in [0, 0.1) is 5.92 Å². The number of hydrogen-bond donors (Lipinski definition) is 3. The second kappa shape index (κ2) is 5.53. The van der Waals surface area contributed by atoms with Crippen molar-refractivity contribution in [3.05, 3.63) is 40.9 Å². The highest BCUT2D eigenvalue weighted by Crippen LogP contribution is 2.42. The van der Waals surface area contributed by atoms with Crippen LogP contribution >= 0.6 is 0 Å². The summed E-state index contributed by atoms with van der Waals surface area (Å²) in [5.41, 5.74) is 1.03. The molecule has 23 heavy (non-hydrogen) atoms. The number of aliphatic hydroxyl groups is 1. The van der Waals surface area contributed by atoms with Crippen LogP contribution in [0.5, 0.6) is 17.2 Å². The number of rotatable bonds is 2. The Hall–Kier alpha value is -2.63. The molecular formula is C17H18O6. The first-order valence-corrected chi connectivity index (χ1v) is 7.30. The number of allylic oxidation sites excluding steroid dienone is 2. The monoisotopic (exact) mass is 318 g/mol. The van der Waals surface area contributed by atoms with Crippen LogP contribution in [-0.4, -0.2) is 34.3 Å². The lowest BCUT2D eigenvalue weighted by molar-refractivity contribution is 0.0742. The van der Waals surface area contributed by atoms with E-state index in [4.69, 9.17) is 9.47 Å². The molecule has 0 fully saturated rings. The summed E-state index contributed by atoms with van der Waals surface area (Å²) in [7, 11) is 1.48. The van der Waals surface area contributed by atoms with Gasteiger partial charge in [-0.25, -0.2) is 0 Å². The van der Waals surface area contributed by atoms with Crippen molar-refractivity contribution in [2.45, 2.75) is 25.9 Å². The van der Waals surface area contributed by atoms with Gasteiger partial charge in [0.1, 0.15) is 34.7 Å². The van der Waals surface area contributed by atoms with Crippen LogP contribution in [0.15, 0.2) is 35.3 Å². The second-order valence-electron chi connectivity index (χ2n) is 5.84. The highest BCUT2D eigenvalue weighted by Gasteiger charge is 2.37. The summed E-state index contributed by atoms with van der Waals surface area (Å²) in [4.78, 5) is 12.3. The molecule has 3 rings (SSSR count). The van der Waals surface area contributed by atoms with Crippen LogP contribution in [0.2, 0.25) is 0 Å². The molecule has 6 heteroatoms. The van der Waals surface area contributed by atoms with Crippen molar-refractivity contribution in [2.24, 2.45) is 5.92 Å². The molecule has 1 aliphatic heterocycles. The predicted octanol–water partition coefficient (Wildman–Crippen LogP) is 2.81. The van der Waals surface area contributed by atoms with E-state index in [0.717, 1.165) is 11.6 Å². The van der Waals surface area contributed by atoms with Crippen LogP contribution in [0.4, 0.5) is 0 Å². The third-order valence-electron chi connectivity index (χ3n) is 4.32. The summed E-state index contributed by atoms with van der Waals surface area (Å²) in [5.74, 6) is -0.199. The molecule has 0 saturated carbocycles. The zero-order valence-electron chi connectivity index (χ0n) is 12.9. The zero-order valence-corrected chi connectivity index (χ0v) is 12.9. The minimum Gasteiger partial charge on any atom is -0.508 e. The van der Waals surface area contributed by atoms with Gasteiger partial charge in [-0.05, 0) is 13.0 Å². The number of methoxy groups -OCH3 is 1. The van der Waals surface area contributed by atoms with Crippen LogP contribution in [0.1, 0.15) is 30.1 Å². The maximum Gasteiger partial charge on any atom is 0.174 e. The first-order valence-electron chi connectivity index (χ1n) is 7.30. The minimum absolute atomic E-state index is 0.0915. The van der Waals surface area contributed by atoms with Gasteiger partial charge in [0, 0.05) is 30.9 Å². The van der Waals surface area contributed by atoms with Gasteiger partial charge >= 0.3 is 0 Å². The third kappa shape index (κ3) is 2.60. The first-order chi connectivity index (χ1) is 10.9. The molecule has 1 aromatic rings. The molecule has 122 valence electrons. The Morgan fingerprint density at radius 2 is 1.96 bits per heavy atom. The van der Waals surface area contributed by atoms with Crippen molar-refractivity contribution in [1.82, 2.24) is 0 Å². The van der Waals surface area contributed by atoms with Crippen molar-refractivity contribution in [3.63, 3.8) is 0 Å². The van der Waals surface area contributed by atoms with Crippen molar-refractivity contribution in [2.75, 3.05) is 7.11 Å². The number of phenols is 2. The van der Waals surface area contributed by atoms with Gasteiger partial charge in [-0.15, -0.1) is 0 Å². The standard InChI is InChI=1S/C17H18O6/c1-8-3-15(22-2)11(19)6-10(8)14-7-13(21)17-12(20)4-9(18)5-16(17)23-14/h3-5,10,14,18-20H,6-7H2,1-2H3. The van der Waals surface area contributed by atoms with Crippen LogP contribution in [-0.2, 0) is 4.74 Å². The number of carbonyl (C=O) groups excluding carboxylic acids is 1. The number of aliphatic hydroxyl groups excluding tert-OH is 1. The highest BCUT2D eigenvalue weighted by atomic mass is 16.5. The molecule has 6 nitrogen and oxygen atoms in total. The number of ether oxygens (including phenoxy) is 2. The van der Waals surface area contributed by atoms with Gasteiger partial charge in [-0.1, -0.05) is 5.57 Å². The van der Waals surface area contributed by atoms with Crippen LogP contribution < -0.4 is 4.74 Å². The molecule has 2 atom stereocenters. The maximum atomic E-state index is 12.3. The fourth-order valence-corrected chi connectivity index (χ4v) is 3.14. The minimum atomic E-state index is -0.479. The Kier molecular flexibility index (Phi) is 3.67. The summed E-state index contributed by atoms with van der Waals surface area (Å²) < 4.78 is 10.9. The van der Waals surface area contributed by atoms with Crippen molar-refractivity contribution < 1.29 is 29.6 Å². The lowest BCUT2D eigenvalue weighted by atomic mass is 9.82. The van der Waals surface area contributed by atoms with Crippen molar-refractivity contribution >= 4 is 5.78 Å². The molecule has 2 unspecified atom stereocenters. The number of phenolic OH excluding ortho intramolecular Hbond substituents is 2. The number of carbonyl (C=O) groups is 1. The summed E-state index contributed by atoms with van der Waals surface area (Å²) in [6, 6.07) is 2.43. The molecule has 0 bridgehead atoms. The normalized spacial score (nSPS) is 23.9. The summed E-state index contributed by atoms with van der Waals surface area (Å²) in [5, 5.41) is 29.4. The number of ketones is 1. The second-order valence-corrected chi connectivity index (χ2v) is 5.84. The van der Waals surface area contributed by atoms with Gasteiger partial charge in [0.05, 0.1) is 7.11 Å². The first kappa shape index (κ1) is 15.3. The lowest BCUT2D eigenvalue weighted by Crippen LogP contribution is -2.35. The molecule has 0 amide bonds. The fourth-order valence-electron chi connectivity index (χ4n) is 3.14. The Balaban J connectivity index is 1.91. The van der Waals surface area contributed by atoms with E-state index >= 15 is 0 Å². The molecular weight excluding hydrogens is 300 g/mol. The number of benzene rings is 1. The highest BCUT2D eigenvalue weighted by molar-refractivity contribution is 6.02. The molecule has 0 aromatic heterocycles. The number of Topliss-reactive ketones (excluding diaryl/α,β-unsaturated/α-hetero) is 1. The van der Waals surface area contributed by atoms with E-state index in [9.17, 15) is 20.1 Å². The summed E-state index contributed by atoms with van der Waals surface area (Å²) >= 11 is 0. The van der Waals surface area contributed by atoms with E-state index < -0.39 is 6.10 Å². The van der Waals surface area contributed by atoms with E-state index in [-0.39, 0.29) is 46.7 Å². The molecule has 0 saturated heterocycles. The topological polar surface area (TPSA) is 96.2 Å². The molecule has 1 heterocycles. The summed E-state index contributed by atoms with van der Waals surface area (Å²) in [6.07, 6.45) is 1.65. The fraction of sp³-hybridized carbons (Fsp3) is 0.353. The van der Waals surface area contributed by atoms with Gasteiger partial charge in [0.15, 0.2) is 11.5 Å².